The lowest BCUT2D eigenvalue weighted by atomic mass is 10.0. The maximum atomic E-state index is 13.6. The number of carboxylic acid groups (broad SMARTS) is 1. The Morgan fingerprint density at radius 1 is 0.953 bits per heavy atom. The molecule has 0 radical (unpaired) electrons. The third kappa shape index (κ3) is 5.20. The van der Waals surface area contributed by atoms with Crippen molar-refractivity contribution in [2.75, 3.05) is 40.3 Å². The predicted octanol–water partition coefficient (Wildman–Crippen LogP) is 3.82. The number of aromatic nitrogens is 5. The van der Waals surface area contributed by atoms with E-state index in [0.29, 0.717) is 64.9 Å². The van der Waals surface area contributed by atoms with Crippen LogP contribution in [0.25, 0.3) is 39.3 Å². The monoisotopic (exact) mass is 619 g/mol. The van der Waals surface area contributed by atoms with Crippen LogP contribution >= 0.6 is 11.6 Å². The second-order valence-corrected chi connectivity index (χ2v) is 12.3. The largest absolute Gasteiger partial charge is 0.495 e. The van der Waals surface area contributed by atoms with Crippen LogP contribution in [-0.2, 0) is 10.0 Å². The highest BCUT2D eigenvalue weighted by molar-refractivity contribution is 7.89. The minimum absolute atomic E-state index is 0.0417. The molecule has 12 nitrogen and oxygen atoms in total. The van der Waals surface area contributed by atoms with Crippen LogP contribution in [0.15, 0.2) is 71.9 Å². The molecule has 0 unspecified atom stereocenters. The van der Waals surface area contributed by atoms with Crippen molar-refractivity contribution in [3.05, 3.63) is 77.7 Å². The topological polar surface area (TPSA) is 143 Å². The Bertz CT molecular complexity index is 1960. The molecule has 0 atom stereocenters. The SMILES string of the molecule is COc1cc(-c2c(-c3ccncc3)nn3c(-c4cccc(S(=O)(=O)N5CCN(C)CC5)c4)c(C(=O)O)nnc23)ccc1Cl. The van der Waals surface area contributed by atoms with Gasteiger partial charge < -0.3 is 14.7 Å². The van der Waals surface area contributed by atoms with Gasteiger partial charge in [0, 0.05) is 49.7 Å². The predicted molar refractivity (Wildman–Crippen MR) is 160 cm³/mol. The van der Waals surface area contributed by atoms with Gasteiger partial charge in [-0.1, -0.05) is 29.8 Å². The quantitative estimate of drug-likeness (QED) is 0.286. The van der Waals surface area contributed by atoms with Crippen molar-refractivity contribution in [2.24, 2.45) is 0 Å². The van der Waals surface area contributed by atoms with Gasteiger partial charge in [0.05, 0.1) is 22.6 Å². The summed E-state index contributed by atoms with van der Waals surface area (Å²) in [6.07, 6.45) is 3.24. The Morgan fingerprint density at radius 3 is 2.40 bits per heavy atom. The first kappa shape index (κ1) is 28.7. The van der Waals surface area contributed by atoms with E-state index in [0.717, 1.165) is 0 Å². The summed E-state index contributed by atoms with van der Waals surface area (Å²) in [5, 5.41) is 23.7. The van der Waals surface area contributed by atoms with E-state index in [-0.39, 0.29) is 21.9 Å². The summed E-state index contributed by atoms with van der Waals surface area (Å²) in [6, 6.07) is 14.9. The fourth-order valence-electron chi connectivity index (χ4n) is 5.08. The number of fused-ring (bicyclic) bond motifs is 1. The summed E-state index contributed by atoms with van der Waals surface area (Å²) < 4.78 is 35.4. The van der Waals surface area contributed by atoms with E-state index in [1.165, 1.54) is 28.1 Å². The highest BCUT2D eigenvalue weighted by Gasteiger charge is 2.30. The van der Waals surface area contributed by atoms with Crippen LogP contribution < -0.4 is 4.74 Å². The summed E-state index contributed by atoms with van der Waals surface area (Å²) in [4.78, 5) is 18.6. The van der Waals surface area contributed by atoms with E-state index in [2.05, 4.69) is 20.1 Å². The number of likely N-dealkylation sites (N-methyl/N-ethyl adjacent to an activating group) is 1. The Balaban J connectivity index is 1.60. The van der Waals surface area contributed by atoms with E-state index >= 15 is 0 Å². The molecule has 0 spiro atoms. The molecule has 14 heteroatoms. The fourth-order valence-corrected chi connectivity index (χ4v) is 6.74. The molecule has 2 aromatic carbocycles. The molecule has 5 aromatic rings. The van der Waals surface area contributed by atoms with E-state index in [9.17, 15) is 18.3 Å². The van der Waals surface area contributed by atoms with E-state index in [1.54, 1.807) is 54.9 Å². The molecule has 0 amide bonds. The number of pyridine rings is 1. The number of halogens is 1. The average Bonchev–Trinajstić information content (AvgIpc) is 3.41. The molecule has 1 fully saturated rings. The molecule has 0 saturated carbocycles. The van der Waals surface area contributed by atoms with Crippen molar-refractivity contribution in [2.45, 2.75) is 4.90 Å². The van der Waals surface area contributed by atoms with Gasteiger partial charge in [-0.25, -0.2) is 17.7 Å². The third-order valence-electron chi connectivity index (χ3n) is 7.35. The molecule has 1 N–H and O–H groups in total. The van der Waals surface area contributed by atoms with Gasteiger partial charge in [0.15, 0.2) is 11.3 Å². The summed E-state index contributed by atoms with van der Waals surface area (Å²) in [6.45, 7) is 1.93. The lowest BCUT2D eigenvalue weighted by Crippen LogP contribution is -2.47. The van der Waals surface area contributed by atoms with Gasteiger partial charge in [0.25, 0.3) is 0 Å². The zero-order valence-corrected chi connectivity index (χ0v) is 24.7. The maximum absolute atomic E-state index is 13.6. The van der Waals surface area contributed by atoms with Gasteiger partial charge in [-0.15, -0.1) is 10.2 Å². The van der Waals surface area contributed by atoms with Crippen LogP contribution in [0.1, 0.15) is 10.5 Å². The highest BCUT2D eigenvalue weighted by atomic mass is 35.5. The van der Waals surface area contributed by atoms with Gasteiger partial charge >= 0.3 is 5.97 Å². The Morgan fingerprint density at radius 2 is 1.70 bits per heavy atom. The van der Waals surface area contributed by atoms with Gasteiger partial charge in [-0.05, 0) is 49.0 Å². The van der Waals surface area contributed by atoms with Gasteiger partial charge in [0.2, 0.25) is 10.0 Å². The summed E-state index contributed by atoms with van der Waals surface area (Å²) in [5.41, 5.74) is 2.62. The van der Waals surface area contributed by atoms with Crippen LogP contribution in [-0.4, -0.2) is 93.8 Å². The summed E-state index contributed by atoms with van der Waals surface area (Å²) in [7, 11) is -0.395. The Hall–Kier alpha value is -4.43. The minimum Gasteiger partial charge on any atom is -0.495 e. The number of benzene rings is 2. The average molecular weight is 620 g/mol. The fraction of sp³-hybridized carbons (Fsp3) is 0.207. The van der Waals surface area contributed by atoms with Crippen LogP contribution in [0.5, 0.6) is 5.75 Å². The van der Waals surface area contributed by atoms with Crippen molar-refractivity contribution >= 4 is 33.2 Å². The smallest absolute Gasteiger partial charge is 0.358 e. The van der Waals surface area contributed by atoms with E-state index in [1.807, 2.05) is 7.05 Å². The molecule has 220 valence electrons. The number of carboxylic acids is 1. The zero-order chi connectivity index (χ0) is 30.3. The van der Waals surface area contributed by atoms with Crippen molar-refractivity contribution in [3.63, 3.8) is 0 Å². The number of aromatic carboxylic acids is 1. The first-order valence-electron chi connectivity index (χ1n) is 13.2. The van der Waals surface area contributed by atoms with Gasteiger partial charge in [-0.2, -0.15) is 9.40 Å². The normalized spacial score (nSPS) is 14.7. The van der Waals surface area contributed by atoms with Crippen LogP contribution in [0.2, 0.25) is 5.02 Å². The minimum atomic E-state index is -3.84. The lowest BCUT2D eigenvalue weighted by molar-refractivity contribution is 0.0689. The first-order valence-corrected chi connectivity index (χ1v) is 15.1. The van der Waals surface area contributed by atoms with E-state index in [4.69, 9.17) is 21.4 Å². The molecule has 43 heavy (non-hydrogen) atoms. The number of rotatable bonds is 7. The van der Waals surface area contributed by atoms with Crippen LogP contribution in [0, 0.1) is 0 Å². The lowest BCUT2D eigenvalue weighted by Gasteiger charge is -2.31. The molecule has 6 rings (SSSR count). The third-order valence-corrected chi connectivity index (χ3v) is 9.55. The van der Waals surface area contributed by atoms with Crippen molar-refractivity contribution in [1.29, 1.82) is 0 Å². The molecule has 1 saturated heterocycles. The molecular weight excluding hydrogens is 594 g/mol. The number of hydrogen-bond acceptors (Lipinski definition) is 9. The molecule has 3 aromatic heterocycles. The highest BCUT2D eigenvalue weighted by Crippen LogP contribution is 2.39. The number of nitrogens with zero attached hydrogens (tertiary/aromatic N) is 7. The number of carbonyl (C=O) groups is 1. The second kappa shape index (κ2) is 11.3. The van der Waals surface area contributed by atoms with Crippen LogP contribution in [0.3, 0.4) is 0 Å². The van der Waals surface area contributed by atoms with E-state index < -0.39 is 16.0 Å². The molecule has 1 aliphatic rings. The van der Waals surface area contributed by atoms with Crippen molar-refractivity contribution in [1.82, 2.24) is 34.0 Å². The van der Waals surface area contributed by atoms with Crippen molar-refractivity contribution in [3.8, 4) is 39.4 Å². The zero-order valence-electron chi connectivity index (χ0n) is 23.2. The first-order chi connectivity index (χ1) is 20.7. The second-order valence-electron chi connectivity index (χ2n) is 9.98. The number of ether oxygens (including phenoxy) is 1. The summed E-state index contributed by atoms with van der Waals surface area (Å²) in [5.74, 6) is -0.913. The van der Waals surface area contributed by atoms with Gasteiger partial charge in [-0.3, -0.25) is 4.98 Å². The number of sulfonamides is 1. The van der Waals surface area contributed by atoms with Crippen molar-refractivity contribution < 1.29 is 23.1 Å². The summed E-state index contributed by atoms with van der Waals surface area (Å²) >= 11 is 6.31. The Labute approximate surface area is 252 Å². The molecule has 1 aliphatic heterocycles. The van der Waals surface area contributed by atoms with Gasteiger partial charge in [0.1, 0.15) is 17.1 Å². The molecule has 0 bridgehead atoms. The number of hydrogen-bond donors (Lipinski definition) is 1. The number of piperazine rings is 1. The maximum Gasteiger partial charge on any atom is 0.358 e. The molecule has 0 aliphatic carbocycles. The Kier molecular flexibility index (Phi) is 7.56. The number of methoxy groups -OCH3 is 1. The standard InChI is InChI=1S/C29H26ClN7O5S/c1-35-12-14-36(15-13-35)43(40,41)21-5-3-4-20(16-21)27-26(29(38)39)32-33-28-24(19-6-7-22(30)23(17-19)42-2)25(34-37(27)28)18-8-10-31-11-9-18/h3-11,16-17H,12-15H2,1-2H3,(H,38,39). The molecular formula is C29H26ClN7O5S. The molecule has 4 heterocycles. The van der Waals surface area contributed by atoms with Crippen LogP contribution in [0.4, 0.5) is 0 Å².